The molecule has 1 saturated carbocycles. The highest BCUT2D eigenvalue weighted by atomic mass is 16.5. The number of ether oxygens (including phenoxy) is 1. The molecule has 0 radical (unpaired) electrons. The number of aromatic nitrogens is 1. The van der Waals surface area contributed by atoms with Gasteiger partial charge in [0.2, 0.25) is 5.91 Å². The zero-order valence-corrected chi connectivity index (χ0v) is 18.4. The Balaban J connectivity index is 1.53. The molecule has 1 aliphatic heterocycles. The number of fused-ring (bicyclic) bond motifs is 1. The summed E-state index contributed by atoms with van der Waals surface area (Å²) in [5.74, 6) is 1.04. The van der Waals surface area contributed by atoms with E-state index in [1.165, 1.54) is 53.3 Å². The topological polar surface area (TPSA) is 71.3 Å². The average Bonchev–Trinajstić information content (AvgIpc) is 3.50. The van der Waals surface area contributed by atoms with E-state index in [4.69, 9.17) is 10.5 Å². The maximum Gasteiger partial charge on any atom is 0.248 e. The summed E-state index contributed by atoms with van der Waals surface area (Å²) in [6, 6.07) is 10.6. The lowest BCUT2D eigenvalue weighted by molar-refractivity contribution is 0.0999. The van der Waals surface area contributed by atoms with Gasteiger partial charge in [0, 0.05) is 40.8 Å². The third kappa shape index (κ3) is 3.72. The molecule has 0 unspecified atom stereocenters. The molecule has 2 fully saturated rings. The summed E-state index contributed by atoms with van der Waals surface area (Å²) in [6.07, 6.45) is 8.16. The van der Waals surface area contributed by atoms with Gasteiger partial charge in [-0.3, -0.25) is 9.69 Å². The van der Waals surface area contributed by atoms with Crippen molar-refractivity contribution in [3.05, 3.63) is 64.3 Å². The van der Waals surface area contributed by atoms with Crippen LogP contribution in [0.1, 0.15) is 76.7 Å². The largest absolute Gasteiger partial charge is 0.496 e. The molecule has 5 nitrogen and oxygen atoms in total. The van der Waals surface area contributed by atoms with Crippen molar-refractivity contribution in [1.82, 2.24) is 9.88 Å². The number of nitrogens with zero attached hydrogens (tertiary/aromatic N) is 1. The van der Waals surface area contributed by atoms with Crippen LogP contribution in [0, 0.1) is 6.92 Å². The first-order valence-electron chi connectivity index (χ1n) is 11.4. The number of carbonyl (C=O) groups is 1. The minimum Gasteiger partial charge on any atom is -0.496 e. The predicted molar refractivity (Wildman–Crippen MR) is 124 cm³/mol. The van der Waals surface area contributed by atoms with Crippen molar-refractivity contribution in [1.29, 1.82) is 0 Å². The van der Waals surface area contributed by atoms with Crippen LogP contribution in [0.5, 0.6) is 5.75 Å². The highest BCUT2D eigenvalue weighted by Gasteiger charge is 2.31. The number of hydrogen-bond donors (Lipinski definition) is 2. The number of likely N-dealkylation sites (tertiary alicyclic amines) is 1. The Morgan fingerprint density at radius 3 is 2.74 bits per heavy atom. The molecule has 0 spiro atoms. The molecule has 3 N–H and O–H groups in total. The Bertz CT molecular complexity index is 1130. The third-order valence-corrected chi connectivity index (χ3v) is 7.06. The van der Waals surface area contributed by atoms with E-state index in [1.54, 1.807) is 13.2 Å². The SMILES string of the molecule is COc1cc(C(N)=O)ccc1[C@@H]1CCCCN1Cc1c(C2CC2)cc(C)c2[nH]ccc12. The van der Waals surface area contributed by atoms with Gasteiger partial charge in [-0.05, 0) is 80.0 Å². The fourth-order valence-corrected chi connectivity index (χ4v) is 5.31. The Kier molecular flexibility index (Phi) is 5.22. The van der Waals surface area contributed by atoms with Gasteiger partial charge in [0.05, 0.1) is 7.11 Å². The lowest BCUT2D eigenvalue weighted by Crippen LogP contribution is -2.33. The minimum atomic E-state index is -0.422. The van der Waals surface area contributed by atoms with Crippen molar-refractivity contribution in [2.75, 3.05) is 13.7 Å². The monoisotopic (exact) mass is 417 g/mol. The zero-order valence-electron chi connectivity index (χ0n) is 18.4. The molecule has 1 aromatic heterocycles. The number of aromatic amines is 1. The fourth-order valence-electron chi connectivity index (χ4n) is 5.31. The van der Waals surface area contributed by atoms with Crippen LogP contribution in [0.3, 0.4) is 0 Å². The van der Waals surface area contributed by atoms with Gasteiger partial charge in [0.25, 0.3) is 0 Å². The highest BCUT2D eigenvalue weighted by Crippen LogP contribution is 2.45. The van der Waals surface area contributed by atoms with Crippen LogP contribution in [-0.4, -0.2) is 29.4 Å². The van der Waals surface area contributed by atoms with Crippen LogP contribution in [-0.2, 0) is 6.54 Å². The van der Waals surface area contributed by atoms with E-state index >= 15 is 0 Å². The van der Waals surface area contributed by atoms with Crippen LogP contribution in [0.25, 0.3) is 10.9 Å². The quantitative estimate of drug-likeness (QED) is 0.580. The van der Waals surface area contributed by atoms with Gasteiger partial charge in [-0.25, -0.2) is 0 Å². The number of H-pyrrole nitrogens is 1. The molecule has 31 heavy (non-hydrogen) atoms. The number of amides is 1. The van der Waals surface area contributed by atoms with Crippen molar-refractivity contribution in [3.8, 4) is 5.75 Å². The third-order valence-electron chi connectivity index (χ3n) is 7.06. The number of benzene rings is 2. The number of methoxy groups -OCH3 is 1. The molecule has 0 bridgehead atoms. The summed E-state index contributed by atoms with van der Waals surface area (Å²) in [7, 11) is 1.67. The van der Waals surface area contributed by atoms with Crippen molar-refractivity contribution in [2.45, 2.75) is 57.5 Å². The van der Waals surface area contributed by atoms with E-state index < -0.39 is 5.91 Å². The number of primary amides is 1. The molecule has 2 heterocycles. The van der Waals surface area contributed by atoms with Crippen molar-refractivity contribution in [2.24, 2.45) is 5.73 Å². The van der Waals surface area contributed by atoms with Crippen LogP contribution in [0.15, 0.2) is 36.5 Å². The van der Waals surface area contributed by atoms with Crippen molar-refractivity contribution >= 4 is 16.8 Å². The maximum atomic E-state index is 11.6. The average molecular weight is 418 g/mol. The summed E-state index contributed by atoms with van der Waals surface area (Å²) in [6.45, 7) is 4.21. The van der Waals surface area contributed by atoms with Gasteiger partial charge in [-0.15, -0.1) is 0 Å². The van der Waals surface area contributed by atoms with E-state index in [0.29, 0.717) is 11.5 Å². The van der Waals surface area contributed by atoms with Gasteiger partial charge in [0.15, 0.2) is 0 Å². The molecular formula is C26H31N3O2. The summed E-state index contributed by atoms with van der Waals surface area (Å²) in [5.41, 5.74) is 12.7. The zero-order chi connectivity index (χ0) is 21.5. The smallest absolute Gasteiger partial charge is 0.248 e. The van der Waals surface area contributed by atoms with E-state index in [2.05, 4.69) is 35.1 Å². The van der Waals surface area contributed by atoms with E-state index in [1.807, 2.05) is 12.1 Å². The van der Waals surface area contributed by atoms with Crippen LogP contribution in [0.2, 0.25) is 0 Å². The van der Waals surface area contributed by atoms with Gasteiger partial charge in [-0.1, -0.05) is 18.6 Å². The first-order valence-corrected chi connectivity index (χ1v) is 11.4. The maximum absolute atomic E-state index is 11.6. The van der Waals surface area contributed by atoms with E-state index in [0.717, 1.165) is 30.8 Å². The Morgan fingerprint density at radius 1 is 1.16 bits per heavy atom. The second kappa shape index (κ2) is 8.04. The molecule has 5 rings (SSSR count). The number of nitrogens with one attached hydrogen (secondary N) is 1. The lowest BCUT2D eigenvalue weighted by atomic mass is 9.91. The number of piperidine rings is 1. The first-order chi connectivity index (χ1) is 15.1. The molecule has 5 heteroatoms. The Hall–Kier alpha value is -2.79. The van der Waals surface area contributed by atoms with Gasteiger partial charge < -0.3 is 15.5 Å². The summed E-state index contributed by atoms with van der Waals surface area (Å²) in [5, 5.41) is 1.36. The molecule has 1 saturated heterocycles. The fraction of sp³-hybridized carbons (Fsp3) is 0.423. The second-order valence-corrected chi connectivity index (χ2v) is 9.10. The van der Waals surface area contributed by atoms with Crippen molar-refractivity contribution < 1.29 is 9.53 Å². The highest BCUT2D eigenvalue weighted by molar-refractivity contribution is 5.93. The van der Waals surface area contributed by atoms with Crippen LogP contribution < -0.4 is 10.5 Å². The predicted octanol–water partition coefficient (Wildman–Crippen LogP) is 5.19. The van der Waals surface area contributed by atoms with Crippen LogP contribution >= 0.6 is 0 Å². The number of hydrogen-bond acceptors (Lipinski definition) is 3. The summed E-state index contributed by atoms with van der Waals surface area (Å²) < 4.78 is 5.69. The first kappa shape index (κ1) is 20.1. The number of nitrogens with two attached hydrogens (primary N) is 1. The Morgan fingerprint density at radius 2 is 2.00 bits per heavy atom. The molecule has 3 aromatic rings. The molecule has 2 aliphatic rings. The normalized spacial score (nSPS) is 19.6. The molecule has 1 aliphatic carbocycles. The van der Waals surface area contributed by atoms with E-state index in [-0.39, 0.29) is 6.04 Å². The molecule has 2 aromatic carbocycles. The number of rotatable bonds is 6. The number of aryl methyl sites for hydroxylation is 1. The minimum absolute atomic E-state index is 0.271. The number of carbonyl (C=O) groups excluding carboxylic acids is 1. The van der Waals surface area contributed by atoms with Gasteiger partial charge in [0.1, 0.15) is 5.75 Å². The Labute approximate surface area is 183 Å². The van der Waals surface area contributed by atoms with Crippen molar-refractivity contribution in [3.63, 3.8) is 0 Å². The van der Waals surface area contributed by atoms with Crippen LogP contribution in [0.4, 0.5) is 0 Å². The standard InChI is InChI=1S/C26H31N3O2/c1-16-13-21(17-6-7-17)22(19-10-11-28-25(16)19)15-29-12-4-3-5-23(29)20-9-8-18(26(27)30)14-24(20)31-2/h8-11,13-14,17,23,28H,3-7,12,15H2,1-2H3,(H2,27,30)/t23-/m0/s1. The summed E-state index contributed by atoms with van der Waals surface area (Å²) in [4.78, 5) is 17.7. The molecular weight excluding hydrogens is 386 g/mol. The van der Waals surface area contributed by atoms with Gasteiger partial charge >= 0.3 is 0 Å². The van der Waals surface area contributed by atoms with E-state index in [9.17, 15) is 4.79 Å². The molecule has 162 valence electrons. The molecule has 1 amide bonds. The van der Waals surface area contributed by atoms with Gasteiger partial charge in [-0.2, -0.15) is 0 Å². The lowest BCUT2D eigenvalue weighted by Gasteiger charge is -2.37. The summed E-state index contributed by atoms with van der Waals surface area (Å²) >= 11 is 0. The second-order valence-electron chi connectivity index (χ2n) is 9.10. The molecule has 1 atom stereocenters.